The van der Waals surface area contributed by atoms with E-state index in [2.05, 4.69) is 10.1 Å². The minimum Gasteiger partial charge on any atom is -0.366 e. The molecule has 0 saturated carbocycles. The number of H-pyrrole nitrogens is 1. The van der Waals surface area contributed by atoms with E-state index in [0.717, 1.165) is 4.98 Å². The Labute approximate surface area is 122 Å². The average molecular weight is 295 g/mol. The van der Waals surface area contributed by atoms with Crippen LogP contribution in [0.2, 0.25) is 7.85 Å². The van der Waals surface area contributed by atoms with Gasteiger partial charge in [0.25, 0.3) is 5.82 Å². The zero-order valence-electron chi connectivity index (χ0n) is 12.7. The van der Waals surface area contributed by atoms with Crippen LogP contribution >= 0.6 is 11.6 Å². The van der Waals surface area contributed by atoms with Gasteiger partial charge in [0.15, 0.2) is 1.41 Å². The maximum absolute atomic E-state index is 11.3. The van der Waals surface area contributed by atoms with Crippen molar-refractivity contribution in [2.45, 2.75) is 6.92 Å². The number of benzene rings is 1. The number of hydrogen-bond acceptors (Lipinski definition) is 5. The summed E-state index contributed by atoms with van der Waals surface area (Å²) in [5.74, 6) is -0.227. The summed E-state index contributed by atoms with van der Waals surface area (Å²) in [5.41, 5.74) is 0.974. The maximum Gasteiger partial charge on any atom is 0.458 e. The van der Waals surface area contributed by atoms with E-state index < -0.39 is 5.91 Å². The van der Waals surface area contributed by atoms with Crippen LogP contribution in [0.15, 0.2) is 23.3 Å². The molecule has 0 fully saturated rings. The van der Waals surface area contributed by atoms with Crippen LogP contribution in [-0.4, -0.2) is 24.0 Å². The molecule has 0 radical (unpaired) electrons. The Morgan fingerprint density at radius 1 is 1.65 bits per heavy atom. The largest absolute Gasteiger partial charge is 0.458 e. The summed E-state index contributed by atoms with van der Waals surface area (Å²) in [6.45, 7) is 1.21. The van der Waals surface area contributed by atoms with Crippen molar-refractivity contribution in [2.75, 3.05) is 12.1 Å². The van der Waals surface area contributed by atoms with Crippen LogP contribution in [0.25, 0.3) is 11.0 Å². The first-order valence-corrected chi connectivity index (χ1v) is 6.10. The van der Waals surface area contributed by atoms with Crippen LogP contribution in [0.3, 0.4) is 0 Å². The summed E-state index contributed by atoms with van der Waals surface area (Å²) in [6, 6.07) is 4.67. The molecule has 0 aliphatic carbocycles. The number of halogens is 1. The molecule has 0 bridgehead atoms. The van der Waals surface area contributed by atoms with Crippen molar-refractivity contribution in [3.8, 4) is 5.88 Å². The highest BCUT2D eigenvalue weighted by molar-refractivity contribution is 6.31. The second kappa shape index (κ2) is 4.61. The first-order valence-electron chi connectivity index (χ1n) is 6.62. The zero-order chi connectivity index (χ0) is 16.0. The van der Waals surface area contributed by atoms with Crippen molar-refractivity contribution in [3.63, 3.8) is 0 Å². The molecule has 7 nitrogen and oxygen atoms in total. The summed E-state index contributed by atoms with van der Waals surface area (Å²) in [6.07, 6.45) is 0. The van der Waals surface area contributed by atoms with Gasteiger partial charge in [-0.25, -0.2) is 9.99 Å². The minimum absolute atomic E-state index is 0.0424. The monoisotopic (exact) mass is 294 g/mol. The molecule has 2 N–H and O–H groups in total. The molecular formula is C12H11ClN5O2+. The second-order valence-corrected chi connectivity index (χ2v) is 4.56. The normalized spacial score (nSPS) is 14.9. The number of anilines is 1. The number of amidine groups is 1. The first kappa shape index (κ1) is 10.4. The average Bonchev–Trinajstić information content (AvgIpc) is 2.48. The maximum atomic E-state index is 11.3. The fourth-order valence-electron chi connectivity index (χ4n) is 1.74. The fourth-order valence-corrected chi connectivity index (χ4v) is 1.91. The van der Waals surface area contributed by atoms with E-state index in [1.807, 2.05) is 0 Å². The summed E-state index contributed by atoms with van der Waals surface area (Å²) in [4.78, 5) is 16.6. The van der Waals surface area contributed by atoms with Gasteiger partial charge in [-0.05, 0) is 12.1 Å². The van der Waals surface area contributed by atoms with E-state index in [0.29, 0.717) is 27.2 Å². The van der Waals surface area contributed by atoms with Gasteiger partial charge in [-0.1, -0.05) is 11.6 Å². The predicted molar refractivity (Wildman–Crippen MR) is 73.6 cm³/mol. The van der Waals surface area contributed by atoms with E-state index >= 15 is 0 Å². The molecular weight excluding hydrogens is 282 g/mol. The lowest BCUT2D eigenvalue weighted by Gasteiger charge is -2.19. The molecule has 1 aliphatic heterocycles. The molecule has 102 valence electrons. The zero-order valence-corrected chi connectivity index (χ0v) is 11.4. The number of fused-ring (bicyclic) bond motifs is 2. The van der Waals surface area contributed by atoms with E-state index in [1.165, 1.54) is 11.9 Å². The molecule has 3 rings (SSSR count). The third kappa shape index (κ3) is 2.23. The molecule has 0 atom stereocenters. The van der Waals surface area contributed by atoms with Crippen LogP contribution < -0.4 is 20.0 Å². The number of carbonyl (C=O) groups is 1. The number of carbonyl (C=O) groups excluding carboxylic acids is 1. The van der Waals surface area contributed by atoms with E-state index in [4.69, 9.17) is 19.2 Å². The minimum atomic E-state index is -0.566. The van der Waals surface area contributed by atoms with Gasteiger partial charge in [0.2, 0.25) is 11.4 Å². The van der Waals surface area contributed by atoms with E-state index in [-0.39, 0.29) is 11.9 Å². The highest BCUT2D eigenvalue weighted by atomic mass is 35.5. The van der Waals surface area contributed by atoms with Crippen molar-refractivity contribution in [3.05, 3.63) is 23.2 Å². The number of aromatic amines is 1. The van der Waals surface area contributed by atoms with Gasteiger partial charge >= 0.3 is 13.3 Å². The Kier molecular flexibility index (Phi) is 2.39. The number of amides is 1. The van der Waals surface area contributed by atoms with Crippen molar-refractivity contribution in [1.82, 2.24) is 10.3 Å². The third-order valence-corrected chi connectivity index (χ3v) is 2.80. The lowest BCUT2D eigenvalue weighted by Crippen LogP contribution is -2.39. The van der Waals surface area contributed by atoms with Crippen molar-refractivity contribution in [1.29, 1.82) is 0 Å². The fraction of sp³-hybridized carbons (Fsp3) is 0.167. The molecule has 1 aromatic heterocycles. The predicted octanol–water partition coefficient (Wildman–Crippen LogP) is 0.938. The van der Waals surface area contributed by atoms with Crippen molar-refractivity contribution >= 4 is 40.4 Å². The Hall–Kier alpha value is -2.41. The molecule has 1 aliphatic rings. The Bertz CT molecular complexity index is 829. The molecule has 0 unspecified atom stereocenters. The Morgan fingerprint density at radius 3 is 3.20 bits per heavy atom. The smallest absolute Gasteiger partial charge is 0.366 e. The van der Waals surface area contributed by atoms with Gasteiger partial charge in [-0.2, -0.15) is 4.98 Å². The Morgan fingerprint density at radius 2 is 2.45 bits per heavy atom. The molecule has 1 aromatic carbocycles. The van der Waals surface area contributed by atoms with Gasteiger partial charge in [0.1, 0.15) is 5.52 Å². The van der Waals surface area contributed by atoms with Crippen LogP contribution in [-0.2, 0) is 4.79 Å². The topological polar surface area (TPSA) is 81.0 Å². The number of hydrazone groups is 1. The van der Waals surface area contributed by atoms with Gasteiger partial charge in [0.05, 0.1) is 0 Å². The number of nitrogens with one attached hydrogen (secondary N) is 2. The molecule has 2 aromatic rings. The van der Waals surface area contributed by atoms with Crippen molar-refractivity contribution in [2.24, 2.45) is 5.10 Å². The van der Waals surface area contributed by atoms with Gasteiger partial charge in [0, 0.05) is 25.1 Å². The van der Waals surface area contributed by atoms with Crippen LogP contribution in [0, 0.1) is 0 Å². The summed E-state index contributed by atoms with van der Waals surface area (Å²) in [7, 11) is 1.59. The van der Waals surface area contributed by atoms with Crippen molar-refractivity contribution < 1.29 is 17.3 Å². The quantitative estimate of drug-likeness (QED) is 0.784. The van der Waals surface area contributed by atoms with Crippen LogP contribution in [0.1, 0.15) is 6.92 Å². The summed E-state index contributed by atoms with van der Waals surface area (Å²) >= 11 is 5.94. The van der Waals surface area contributed by atoms with Gasteiger partial charge in [-0.15, -0.1) is 5.10 Å². The van der Waals surface area contributed by atoms with Gasteiger partial charge in [-0.3, -0.25) is 10.1 Å². The van der Waals surface area contributed by atoms with E-state index in [9.17, 15) is 4.79 Å². The Balaban J connectivity index is 2.17. The summed E-state index contributed by atoms with van der Waals surface area (Å²) < 4.78 is 21.2. The number of rotatable bonds is 0. The molecule has 1 amide bonds. The number of aromatic nitrogens is 2. The number of nitrogens with zero attached hydrogens (tertiary/aromatic N) is 3. The molecule has 8 heteroatoms. The lowest BCUT2D eigenvalue weighted by molar-refractivity contribution is -0.357. The highest BCUT2D eigenvalue weighted by Crippen LogP contribution is 2.26. The summed E-state index contributed by atoms with van der Waals surface area (Å²) in [5, 5.41) is 6.27. The first-order chi connectivity index (χ1) is 10.4. The second-order valence-electron chi connectivity index (χ2n) is 4.12. The number of hydrogen-bond donors (Lipinski definition) is 1. The molecule has 20 heavy (non-hydrogen) atoms. The van der Waals surface area contributed by atoms with Crippen LogP contribution in [0.5, 0.6) is 5.88 Å². The molecule has 0 spiro atoms. The van der Waals surface area contributed by atoms with E-state index in [1.54, 1.807) is 25.2 Å². The third-order valence-electron chi connectivity index (χ3n) is 2.56. The van der Waals surface area contributed by atoms with Gasteiger partial charge < -0.3 is 4.74 Å². The van der Waals surface area contributed by atoms with Crippen LogP contribution in [0.4, 0.5) is 5.82 Å². The molecule has 2 heterocycles. The number of ether oxygens (including phenoxy) is 1. The molecule has 0 saturated heterocycles. The SMILES string of the molecule is [2H]N(C(C)=O)C1=NN(C)c2nc3ccc(Cl)cc3[n+]([2H])c2O1. The lowest BCUT2D eigenvalue weighted by atomic mass is 10.3. The highest BCUT2D eigenvalue weighted by Gasteiger charge is 2.27. The standard InChI is InChI=1S/C12H10ClN5O2/c1-6(19)14-12-17-18(2)10-11(20-12)16-9-5-7(13)3-4-8(9)15-10/h3-5H,1-2H3,(H,14,17,19)/p+1/i/hD2.